The van der Waals surface area contributed by atoms with Gasteiger partial charge in [0.2, 0.25) is 0 Å². The Bertz CT molecular complexity index is 370. The third-order valence-electron chi connectivity index (χ3n) is 2.83. The molecule has 0 saturated carbocycles. The van der Waals surface area contributed by atoms with E-state index in [2.05, 4.69) is 16.8 Å². The summed E-state index contributed by atoms with van der Waals surface area (Å²) in [5, 5.41) is 9.97. The van der Waals surface area contributed by atoms with E-state index in [1.165, 1.54) is 4.88 Å². The highest BCUT2D eigenvalue weighted by molar-refractivity contribution is 7.11. The number of carbonyl (C=O) groups is 1. The summed E-state index contributed by atoms with van der Waals surface area (Å²) >= 11 is 1.69. The van der Waals surface area contributed by atoms with E-state index in [0.29, 0.717) is 6.54 Å². The number of carboxylic acid groups (broad SMARTS) is 1. The second-order valence-electron chi connectivity index (χ2n) is 4.32. The first-order chi connectivity index (χ1) is 7.93. The summed E-state index contributed by atoms with van der Waals surface area (Å²) in [6.45, 7) is 10.0. The molecule has 0 aliphatic carbocycles. The molecule has 0 aliphatic rings. The van der Waals surface area contributed by atoms with Crippen LogP contribution in [-0.2, 0) is 11.3 Å². The van der Waals surface area contributed by atoms with Gasteiger partial charge in [-0.3, -0.25) is 9.69 Å². The lowest BCUT2D eigenvalue weighted by atomic mass is 10.2. The minimum absolute atomic E-state index is 0.336. The number of aromatic nitrogens is 1. The molecule has 0 saturated heterocycles. The summed E-state index contributed by atoms with van der Waals surface area (Å²) < 4.78 is 0. The van der Waals surface area contributed by atoms with Crippen LogP contribution in [0, 0.1) is 19.8 Å². The van der Waals surface area contributed by atoms with E-state index in [1.54, 1.807) is 18.3 Å². The normalized spacial score (nSPS) is 13.0. The number of thiazole rings is 1. The Morgan fingerprint density at radius 2 is 2.18 bits per heavy atom. The summed E-state index contributed by atoms with van der Waals surface area (Å²) in [5.41, 5.74) is 1.08. The Morgan fingerprint density at radius 3 is 2.59 bits per heavy atom. The van der Waals surface area contributed by atoms with E-state index in [4.69, 9.17) is 5.11 Å². The maximum absolute atomic E-state index is 10.8. The predicted molar refractivity (Wildman–Crippen MR) is 69.3 cm³/mol. The first kappa shape index (κ1) is 14.1. The monoisotopic (exact) mass is 256 g/mol. The molecule has 96 valence electrons. The summed E-state index contributed by atoms with van der Waals surface area (Å²) in [7, 11) is 0. The highest BCUT2D eigenvalue weighted by Gasteiger charge is 2.16. The van der Waals surface area contributed by atoms with Crippen LogP contribution in [0.15, 0.2) is 0 Å². The highest BCUT2D eigenvalue weighted by Crippen LogP contribution is 2.18. The minimum atomic E-state index is -0.741. The number of carboxylic acids is 1. The van der Waals surface area contributed by atoms with Gasteiger partial charge in [-0.1, -0.05) is 13.8 Å². The van der Waals surface area contributed by atoms with Crippen molar-refractivity contribution in [3.05, 3.63) is 15.6 Å². The van der Waals surface area contributed by atoms with Gasteiger partial charge in [0.15, 0.2) is 0 Å². The molecule has 1 unspecified atom stereocenters. The molecular formula is C12H20N2O2S. The van der Waals surface area contributed by atoms with Crippen molar-refractivity contribution in [2.24, 2.45) is 5.92 Å². The van der Waals surface area contributed by atoms with Crippen LogP contribution in [0.5, 0.6) is 0 Å². The molecule has 17 heavy (non-hydrogen) atoms. The van der Waals surface area contributed by atoms with Crippen LogP contribution in [0.2, 0.25) is 0 Å². The first-order valence-corrected chi connectivity index (χ1v) is 6.63. The molecule has 1 N–H and O–H groups in total. The fourth-order valence-corrected chi connectivity index (χ4v) is 2.55. The molecule has 0 fully saturated rings. The van der Waals surface area contributed by atoms with Crippen molar-refractivity contribution in [1.29, 1.82) is 0 Å². The molecule has 0 aromatic carbocycles. The molecule has 1 heterocycles. The average Bonchev–Trinajstić information content (AvgIpc) is 2.56. The molecule has 1 aromatic heterocycles. The molecule has 0 radical (unpaired) electrons. The molecule has 1 rings (SSSR count). The van der Waals surface area contributed by atoms with Gasteiger partial charge >= 0.3 is 5.97 Å². The van der Waals surface area contributed by atoms with Gasteiger partial charge in [0.1, 0.15) is 5.01 Å². The number of aliphatic carboxylic acids is 1. The van der Waals surface area contributed by atoms with Gasteiger partial charge in [-0.05, 0) is 20.4 Å². The van der Waals surface area contributed by atoms with Crippen molar-refractivity contribution in [3.63, 3.8) is 0 Å². The van der Waals surface area contributed by atoms with E-state index in [9.17, 15) is 4.79 Å². The highest BCUT2D eigenvalue weighted by atomic mass is 32.1. The lowest BCUT2D eigenvalue weighted by Crippen LogP contribution is -2.31. The molecule has 5 heteroatoms. The lowest BCUT2D eigenvalue weighted by molar-refractivity contribution is -0.141. The number of hydrogen-bond donors (Lipinski definition) is 1. The number of nitrogens with zero attached hydrogens (tertiary/aromatic N) is 2. The van der Waals surface area contributed by atoms with Crippen LogP contribution in [0.25, 0.3) is 0 Å². The van der Waals surface area contributed by atoms with Crippen LogP contribution in [0.1, 0.15) is 29.4 Å². The summed E-state index contributed by atoms with van der Waals surface area (Å²) in [6, 6.07) is 0. The van der Waals surface area contributed by atoms with E-state index < -0.39 is 5.97 Å². The third-order valence-corrected chi connectivity index (χ3v) is 3.89. The lowest BCUT2D eigenvalue weighted by Gasteiger charge is -2.21. The smallest absolute Gasteiger partial charge is 0.307 e. The van der Waals surface area contributed by atoms with Crippen molar-refractivity contribution < 1.29 is 9.90 Å². The zero-order chi connectivity index (χ0) is 13.0. The van der Waals surface area contributed by atoms with Crippen LogP contribution in [0.4, 0.5) is 0 Å². The zero-order valence-electron chi connectivity index (χ0n) is 10.9. The molecule has 0 aliphatic heterocycles. The van der Waals surface area contributed by atoms with Crippen molar-refractivity contribution in [1.82, 2.24) is 9.88 Å². The zero-order valence-corrected chi connectivity index (χ0v) is 11.7. The Hall–Kier alpha value is -0.940. The Labute approximate surface area is 106 Å². The van der Waals surface area contributed by atoms with Crippen molar-refractivity contribution in [2.45, 2.75) is 34.2 Å². The molecule has 0 bridgehead atoms. The number of hydrogen-bond acceptors (Lipinski definition) is 4. The van der Waals surface area contributed by atoms with E-state index in [-0.39, 0.29) is 5.92 Å². The average molecular weight is 256 g/mol. The van der Waals surface area contributed by atoms with E-state index in [0.717, 1.165) is 23.8 Å². The quantitative estimate of drug-likeness (QED) is 0.848. The fraction of sp³-hybridized carbons (Fsp3) is 0.667. The number of aryl methyl sites for hydroxylation is 2. The van der Waals surface area contributed by atoms with Crippen LogP contribution in [0.3, 0.4) is 0 Å². The van der Waals surface area contributed by atoms with Crippen LogP contribution >= 0.6 is 11.3 Å². The fourth-order valence-electron chi connectivity index (χ4n) is 1.57. The second-order valence-corrected chi connectivity index (χ2v) is 5.60. The molecule has 0 amide bonds. The van der Waals surface area contributed by atoms with Gasteiger partial charge < -0.3 is 5.11 Å². The van der Waals surface area contributed by atoms with Crippen molar-refractivity contribution in [2.75, 3.05) is 13.1 Å². The summed E-state index contributed by atoms with van der Waals surface area (Å²) in [5.74, 6) is -1.08. The Balaban J connectivity index is 2.60. The van der Waals surface area contributed by atoms with Crippen LogP contribution < -0.4 is 0 Å². The molecule has 1 aromatic rings. The maximum Gasteiger partial charge on any atom is 0.307 e. The Kier molecular flexibility index (Phi) is 5.08. The van der Waals surface area contributed by atoms with Gasteiger partial charge in [-0.2, -0.15) is 0 Å². The minimum Gasteiger partial charge on any atom is -0.481 e. The van der Waals surface area contributed by atoms with E-state index in [1.807, 2.05) is 13.8 Å². The van der Waals surface area contributed by atoms with E-state index >= 15 is 0 Å². The maximum atomic E-state index is 10.8. The van der Waals surface area contributed by atoms with Gasteiger partial charge in [0.05, 0.1) is 18.2 Å². The van der Waals surface area contributed by atoms with Gasteiger partial charge in [-0.25, -0.2) is 4.98 Å². The standard InChI is InChI=1S/C12H20N2O2S/c1-5-14(6-8(2)12(15)16)7-11-13-9(3)10(4)17-11/h8H,5-7H2,1-4H3,(H,15,16). The molecule has 0 spiro atoms. The summed E-state index contributed by atoms with van der Waals surface area (Å²) in [6.07, 6.45) is 0. The number of rotatable bonds is 6. The Morgan fingerprint density at radius 1 is 1.53 bits per heavy atom. The predicted octanol–water partition coefficient (Wildman–Crippen LogP) is 2.30. The third kappa shape index (κ3) is 4.09. The molecule has 1 atom stereocenters. The molecular weight excluding hydrogens is 236 g/mol. The van der Waals surface area contributed by atoms with Crippen molar-refractivity contribution >= 4 is 17.3 Å². The molecule has 4 nitrogen and oxygen atoms in total. The summed E-state index contributed by atoms with van der Waals surface area (Å²) in [4.78, 5) is 18.7. The SMILES string of the molecule is CCN(Cc1nc(C)c(C)s1)CC(C)C(=O)O. The first-order valence-electron chi connectivity index (χ1n) is 5.82. The van der Waals surface area contributed by atoms with Gasteiger partial charge in [0.25, 0.3) is 0 Å². The topological polar surface area (TPSA) is 53.4 Å². The van der Waals surface area contributed by atoms with Crippen molar-refractivity contribution in [3.8, 4) is 0 Å². The second kappa shape index (κ2) is 6.12. The van der Waals surface area contributed by atoms with Gasteiger partial charge in [-0.15, -0.1) is 11.3 Å². The largest absolute Gasteiger partial charge is 0.481 e. The van der Waals surface area contributed by atoms with Gasteiger partial charge in [0, 0.05) is 11.4 Å². The van der Waals surface area contributed by atoms with Crippen LogP contribution in [-0.4, -0.2) is 34.0 Å².